The van der Waals surface area contributed by atoms with Crippen LogP contribution in [0.2, 0.25) is 0 Å². The first-order chi connectivity index (χ1) is 19.9. The molecule has 0 spiro atoms. The van der Waals surface area contributed by atoms with Crippen LogP contribution in [0.3, 0.4) is 0 Å². The van der Waals surface area contributed by atoms with E-state index in [4.69, 9.17) is 9.72 Å². The first-order valence-electron chi connectivity index (χ1n) is 15.1. The molecule has 5 aliphatic heterocycles. The largest absolute Gasteiger partial charge is 0.477 e. The average molecular weight is 561 g/mol. The second-order valence-corrected chi connectivity index (χ2v) is 12.0. The first kappa shape index (κ1) is 27.8. The smallest absolute Gasteiger partial charge is 0.276 e. The van der Waals surface area contributed by atoms with Crippen molar-refractivity contribution in [3.63, 3.8) is 0 Å². The second-order valence-electron chi connectivity index (χ2n) is 12.0. The molecule has 0 radical (unpaired) electrons. The third-order valence-corrected chi connectivity index (χ3v) is 9.15. The fraction of sp³-hybridized carbons (Fsp3) is 0.562. The van der Waals surface area contributed by atoms with Crippen LogP contribution < -0.4 is 10.1 Å². The van der Waals surface area contributed by atoms with Crippen LogP contribution in [0.5, 0.6) is 5.88 Å². The van der Waals surface area contributed by atoms with Gasteiger partial charge in [0.15, 0.2) is 5.65 Å². The van der Waals surface area contributed by atoms with E-state index in [0.717, 1.165) is 75.7 Å². The first-order valence-corrected chi connectivity index (χ1v) is 15.1. The highest BCUT2D eigenvalue weighted by Gasteiger charge is 2.48. The predicted octanol–water partition coefficient (Wildman–Crippen LogP) is 6.90. The lowest BCUT2D eigenvalue weighted by atomic mass is 9.85. The van der Waals surface area contributed by atoms with Gasteiger partial charge in [0.25, 0.3) is 5.92 Å². The van der Waals surface area contributed by atoms with Crippen molar-refractivity contribution in [2.45, 2.75) is 82.1 Å². The zero-order valence-electron chi connectivity index (χ0n) is 23.7. The van der Waals surface area contributed by atoms with E-state index >= 15 is 8.78 Å². The molecule has 9 heteroatoms. The molecule has 7 heterocycles. The summed E-state index contributed by atoms with van der Waals surface area (Å²) in [7, 11) is 0. The molecule has 1 aromatic carbocycles. The summed E-state index contributed by atoms with van der Waals surface area (Å²) >= 11 is 0. The molecule has 8 bridgehead atoms. The maximum absolute atomic E-state index is 15.8. The number of alkyl halides is 2. The molecule has 6 aliphatic rings. The quantitative estimate of drug-likeness (QED) is 0.346. The topological polar surface area (TPSA) is 87.0 Å². The highest BCUT2D eigenvalue weighted by atomic mass is 19.3. The molecule has 1 atom stereocenters. The van der Waals surface area contributed by atoms with E-state index in [9.17, 15) is 5.26 Å². The lowest BCUT2D eigenvalue weighted by Gasteiger charge is -2.36. The van der Waals surface area contributed by atoms with Crippen molar-refractivity contribution in [3.05, 3.63) is 53.3 Å². The average Bonchev–Trinajstić information content (AvgIpc) is 3.79. The Morgan fingerprint density at radius 2 is 1.80 bits per heavy atom. The van der Waals surface area contributed by atoms with E-state index in [2.05, 4.69) is 26.3 Å². The summed E-state index contributed by atoms with van der Waals surface area (Å²) in [5.74, 6) is -2.51. The summed E-state index contributed by atoms with van der Waals surface area (Å²) < 4.78 is 37.7. The van der Waals surface area contributed by atoms with E-state index in [0.29, 0.717) is 42.2 Å². The molecule has 3 aromatic rings. The van der Waals surface area contributed by atoms with Crippen molar-refractivity contribution < 1.29 is 13.5 Å². The van der Waals surface area contributed by atoms with Gasteiger partial charge < -0.3 is 15.0 Å². The van der Waals surface area contributed by atoms with Crippen LogP contribution in [-0.4, -0.2) is 46.1 Å². The fourth-order valence-corrected chi connectivity index (χ4v) is 6.30. The Hall–Kier alpha value is -3.38. The normalized spacial score (nSPS) is 26.1. The van der Waals surface area contributed by atoms with Crippen LogP contribution >= 0.6 is 0 Å². The third-order valence-electron chi connectivity index (χ3n) is 9.15. The maximum atomic E-state index is 15.8. The highest BCUT2D eigenvalue weighted by Crippen LogP contribution is 2.51. The molecule has 0 unspecified atom stereocenters. The number of halogens is 2. The minimum Gasteiger partial charge on any atom is -0.477 e. The second kappa shape index (κ2) is 11.5. The van der Waals surface area contributed by atoms with Gasteiger partial charge in [-0.15, -0.1) is 0 Å². The van der Waals surface area contributed by atoms with Crippen LogP contribution in [0.25, 0.3) is 11.0 Å². The number of piperidine rings is 1. The number of nitrogens with one attached hydrogen (secondary N) is 1. The van der Waals surface area contributed by atoms with Crippen LogP contribution in [0.4, 0.5) is 14.6 Å². The summed E-state index contributed by atoms with van der Waals surface area (Å²) in [6.07, 6.45) is 9.26. The van der Waals surface area contributed by atoms with Gasteiger partial charge in [-0.1, -0.05) is 37.5 Å². The Kier molecular flexibility index (Phi) is 7.78. The molecular formula is C32H38F2N6O. The number of hydrogen-bond donors (Lipinski definition) is 1. The molecule has 0 amide bonds. The number of ether oxygens (including phenoxy) is 1. The predicted molar refractivity (Wildman–Crippen MR) is 154 cm³/mol. The van der Waals surface area contributed by atoms with Crippen molar-refractivity contribution >= 4 is 16.9 Å². The highest BCUT2D eigenvalue weighted by molar-refractivity contribution is 5.88. The van der Waals surface area contributed by atoms with Crippen LogP contribution in [-0.2, 0) is 11.3 Å². The van der Waals surface area contributed by atoms with E-state index in [1.165, 1.54) is 6.33 Å². The monoisotopic (exact) mass is 560 g/mol. The Balaban J connectivity index is 1.34. The minimum absolute atomic E-state index is 0.0727. The van der Waals surface area contributed by atoms with Gasteiger partial charge in [0.2, 0.25) is 5.88 Å². The van der Waals surface area contributed by atoms with Crippen molar-refractivity contribution in [1.82, 2.24) is 19.9 Å². The Bertz CT molecular complexity index is 1430. The molecular weight excluding hydrogens is 522 g/mol. The number of pyridine rings is 1. The number of hydrogen-bond acceptors (Lipinski definition) is 7. The standard InChI is InChI=1S/C32H38F2N6O/c1-22-23-8-7-9-25(18-23)32(33,34)24-10-15-40(16-11-24)14-5-3-2-4-6-17-41-30-27(31(20-35)12-13-31)19-26-28(38-22)36-21-37-29(26)39-30/h7-9,18-19,21-22,24H,2-6,10-17H2,1H3,(H,36,37,38,39)/t22-/m1/s1. The molecule has 1 saturated carbocycles. The minimum atomic E-state index is -2.89. The molecule has 1 aliphatic carbocycles. The van der Waals surface area contributed by atoms with Gasteiger partial charge in [0.05, 0.1) is 23.5 Å². The van der Waals surface area contributed by atoms with E-state index in [-0.39, 0.29) is 11.6 Å². The van der Waals surface area contributed by atoms with Crippen molar-refractivity contribution in [2.75, 3.05) is 31.6 Å². The molecule has 1 saturated heterocycles. The van der Waals surface area contributed by atoms with Crippen molar-refractivity contribution in [3.8, 4) is 11.9 Å². The lowest BCUT2D eigenvalue weighted by Crippen LogP contribution is -2.40. The summed E-state index contributed by atoms with van der Waals surface area (Å²) in [6, 6.07) is 10.9. The number of anilines is 1. The number of rotatable bonds is 1. The Morgan fingerprint density at radius 3 is 2.59 bits per heavy atom. The van der Waals surface area contributed by atoms with E-state index < -0.39 is 17.3 Å². The molecule has 1 N–H and O–H groups in total. The molecule has 7 nitrogen and oxygen atoms in total. The van der Waals surface area contributed by atoms with Gasteiger partial charge in [-0.25, -0.2) is 18.7 Å². The Labute approximate surface area is 240 Å². The summed E-state index contributed by atoms with van der Waals surface area (Å²) in [5.41, 5.74) is 1.49. The van der Waals surface area contributed by atoms with Crippen LogP contribution in [0, 0.1) is 17.2 Å². The van der Waals surface area contributed by atoms with Gasteiger partial charge in [-0.05, 0) is 82.8 Å². The number of aromatic nitrogens is 3. The number of nitriles is 1. The molecule has 216 valence electrons. The van der Waals surface area contributed by atoms with Gasteiger partial charge in [0, 0.05) is 23.1 Å². The maximum Gasteiger partial charge on any atom is 0.276 e. The fourth-order valence-electron chi connectivity index (χ4n) is 6.30. The summed E-state index contributed by atoms with van der Waals surface area (Å²) in [4.78, 5) is 16.0. The number of benzene rings is 1. The van der Waals surface area contributed by atoms with Crippen LogP contribution in [0.15, 0.2) is 36.7 Å². The van der Waals surface area contributed by atoms with Gasteiger partial charge in [-0.2, -0.15) is 10.2 Å². The van der Waals surface area contributed by atoms with E-state index in [1.54, 1.807) is 18.2 Å². The van der Waals surface area contributed by atoms with Crippen molar-refractivity contribution in [1.29, 1.82) is 5.26 Å². The zero-order valence-corrected chi connectivity index (χ0v) is 23.7. The lowest BCUT2D eigenvalue weighted by molar-refractivity contribution is -0.0855. The van der Waals surface area contributed by atoms with Gasteiger partial charge in [-0.3, -0.25) is 0 Å². The third kappa shape index (κ3) is 5.72. The van der Waals surface area contributed by atoms with Crippen LogP contribution in [0.1, 0.15) is 87.4 Å². The SMILES string of the molecule is C[C@H]1Nc2ncnc3nc(c(C4(C#N)CC4)cc23)OCCCCCCCN2CCC(CC2)C(F)(F)c2cccc1c2. The molecule has 41 heavy (non-hydrogen) atoms. The Morgan fingerprint density at radius 1 is 1.02 bits per heavy atom. The van der Waals surface area contributed by atoms with Crippen molar-refractivity contribution in [2.24, 2.45) is 5.92 Å². The number of nitrogens with zero attached hydrogens (tertiary/aromatic N) is 5. The van der Waals surface area contributed by atoms with Gasteiger partial charge >= 0.3 is 0 Å². The molecule has 9 rings (SSSR count). The molecule has 2 aromatic heterocycles. The summed E-state index contributed by atoms with van der Waals surface area (Å²) in [6.45, 7) is 4.90. The van der Waals surface area contributed by atoms with E-state index in [1.807, 2.05) is 19.1 Å². The summed E-state index contributed by atoms with van der Waals surface area (Å²) in [5, 5.41) is 14.1. The molecule has 2 fully saturated rings. The zero-order chi connectivity index (χ0) is 28.5. The van der Waals surface area contributed by atoms with Gasteiger partial charge in [0.1, 0.15) is 12.1 Å².